The van der Waals surface area contributed by atoms with Crippen molar-refractivity contribution in [2.24, 2.45) is 11.8 Å². The molecule has 2 amide bonds. The maximum atomic E-state index is 12.9. The highest BCUT2D eigenvalue weighted by Crippen LogP contribution is 2.28. The van der Waals surface area contributed by atoms with Crippen LogP contribution in [0.4, 0.5) is 0 Å². The first-order chi connectivity index (χ1) is 11.7. The highest BCUT2D eigenvalue weighted by molar-refractivity contribution is 5.89. The molecule has 0 bridgehead atoms. The van der Waals surface area contributed by atoms with Crippen LogP contribution in [-0.2, 0) is 9.59 Å². The van der Waals surface area contributed by atoms with Gasteiger partial charge in [-0.05, 0) is 43.3 Å². The minimum atomic E-state index is -0.493. The van der Waals surface area contributed by atoms with E-state index in [4.69, 9.17) is 0 Å². The Morgan fingerprint density at radius 3 is 2.56 bits per heavy atom. The maximum absolute atomic E-state index is 12.9. The van der Waals surface area contributed by atoms with Crippen LogP contribution < -0.4 is 10.6 Å². The fraction of sp³-hybridized carbons (Fsp3) is 0.579. The second-order valence-electron chi connectivity index (χ2n) is 6.96. The van der Waals surface area contributed by atoms with Gasteiger partial charge in [-0.3, -0.25) is 9.59 Å². The molecule has 2 unspecified atom stereocenters. The Kier molecular flexibility index (Phi) is 7.26. The molecule has 2 fully saturated rings. The molecule has 0 aliphatic carbocycles. The molecule has 5 nitrogen and oxygen atoms in total. The zero-order valence-electron chi connectivity index (χ0n) is 14.7. The van der Waals surface area contributed by atoms with Gasteiger partial charge < -0.3 is 15.5 Å². The lowest BCUT2D eigenvalue weighted by Gasteiger charge is -2.37. The Morgan fingerprint density at radius 2 is 1.88 bits per heavy atom. The van der Waals surface area contributed by atoms with E-state index in [2.05, 4.69) is 17.6 Å². The molecule has 2 heterocycles. The predicted octanol–water partition coefficient (Wildman–Crippen LogP) is 2.13. The van der Waals surface area contributed by atoms with E-state index >= 15 is 0 Å². The number of nitrogens with one attached hydrogen (secondary N) is 2. The van der Waals surface area contributed by atoms with E-state index in [0.717, 1.165) is 31.5 Å². The van der Waals surface area contributed by atoms with Crippen molar-refractivity contribution in [3.8, 4) is 0 Å². The number of hydrogen-bond donors (Lipinski definition) is 2. The van der Waals surface area contributed by atoms with E-state index in [9.17, 15) is 9.59 Å². The van der Waals surface area contributed by atoms with E-state index in [1.54, 1.807) is 4.90 Å². The summed E-state index contributed by atoms with van der Waals surface area (Å²) in [4.78, 5) is 27.1. The van der Waals surface area contributed by atoms with Gasteiger partial charge in [0.15, 0.2) is 0 Å². The smallest absolute Gasteiger partial charge is 0.247 e. The van der Waals surface area contributed by atoms with Crippen LogP contribution in [0.3, 0.4) is 0 Å². The highest BCUT2D eigenvalue weighted by Gasteiger charge is 2.35. The summed E-state index contributed by atoms with van der Waals surface area (Å²) in [5.74, 6) is 0.991. The zero-order chi connectivity index (χ0) is 16.9. The Labute approximate surface area is 155 Å². The van der Waals surface area contributed by atoms with Gasteiger partial charge in [0.25, 0.3) is 0 Å². The molecule has 2 atom stereocenters. The Morgan fingerprint density at radius 1 is 1.20 bits per heavy atom. The molecule has 2 aliphatic rings. The lowest BCUT2D eigenvalue weighted by atomic mass is 9.83. The fourth-order valence-corrected chi connectivity index (χ4v) is 3.87. The molecular weight excluding hydrogens is 338 g/mol. The fourth-order valence-electron chi connectivity index (χ4n) is 3.87. The molecule has 3 rings (SSSR count). The predicted molar refractivity (Wildman–Crippen MR) is 101 cm³/mol. The molecule has 2 N–H and O–H groups in total. The van der Waals surface area contributed by atoms with Crippen LogP contribution in [0.25, 0.3) is 0 Å². The normalized spacial score (nSPS) is 22.7. The van der Waals surface area contributed by atoms with Crippen molar-refractivity contribution < 1.29 is 9.59 Å². The summed E-state index contributed by atoms with van der Waals surface area (Å²) < 4.78 is 0. The Balaban J connectivity index is 0.00000225. The largest absolute Gasteiger partial charge is 0.352 e. The molecular formula is C19H28ClN3O2. The van der Waals surface area contributed by atoms with Crippen LogP contribution >= 0.6 is 12.4 Å². The number of amides is 2. The molecule has 0 spiro atoms. The van der Waals surface area contributed by atoms with Gasteiger partial charge in [-0.1, -0.05) is 37.3 Å². The molecule has 6 heteroatoms. The lowest BCUT2D eigenvalue weighted by Crippen LogP contribution is -2.52. The van der Waals surface area contributed by atoms with Crippen LogP contribution in [0.2, 0.25) is 0 Å². The third kappa shape index (κ3) is 4.73. The number of piperazine rings is 1. The third-order valence-corrected chi connectivity index (χ3v) is 5.33. The van der Waals surface area contributed by atoms with E-state index in [0.29, 0.717) is 31.3 Å². The van der Waals surface area contributed by atoms with E-state index in [1.165, 1.54) is 0 Å². The van der Waals surface area contributed by atoms with Crippen molar-refractivity contribution in [2.75, 3.05) is 26.2 Å². The van der Waals surface area contributed by atoms with Crippen molar-refractivity contribution in [1.29, 1.82) is 0 Å². The number of piperidine rings is 1. The first kappa shape index (κ1) is 19.7. The number of halogens is 1. The summed E-state index contributed by atoms with van der Waals surface area (Å²) in [6, 6.07) is 9.11. The Hall–Kier alpha value is -1.59. The van der Waals surface area contributed by atoms with Crippen LogP contribution in [0.15, 0.2) is 30.3 Å². The summed E-state index contributed by atoms with van der Waals surface area (Å²) in [7, 11) is 0. The van der Waals surface area contributed by atoms with Gasteiger partial charge in [-0.15, -0.1) is 12.4 Å². The number of hydrogen-bond acceptors (Lipinski definition) is 3. The number of nitrogens with zero attached hydrogens (tertiary/aromatic N) is 1. The van der Waals surface area contributed by atoms with Gasteiger partial charge in [0.05, 0.1) is 0 Å². The van der Waals surface area contributed by atoms with Gasteiger partial charge in [0, 0.05) is 19.5 Å². The minimum Gasteiger partial charge on any atom is -0.352 e. The number of rotatable bonds is 4. The quantitative estimate of drug-likeness (QED) is 0.859. The average Bonchev–Trinajstić information content (AvgIpc) is 2.63. The number of benzene rings is 1. The highest BCUT2D eigenvalue weighted by atomic mass is 35.5. The van der Waals surface area contributed by atoms with Crippen LogP contribution in [0.5, 0.6) is 0 Å². The van der Waals surface area contributed by atoms with Crippen LogP contribution in [-0.4, -0.2) is 42.9 Å². The first-order valence-corrected chi connectivity index (χ1v) is 8.99. The standard InChI is InChI=1S/C19H27N3O2.ClH/c1-14(15-7-9-20-10-8-15)13-17(23)22-12-11-21-19(24)18(22)16-5-3-2-4-6-16;/h2-6,14-15,18,20H,7-13H2,1H3,(H,21,24);1H. The number of carbonyl (C=O) groups is 2. The minimum absolute atomic E-state index is 0. The molecule has 0 radical (unpaired) electrons. The van der Waals surface area contributed by atoms with E-state index < -0.39 is 6.04 Å². The van der Waals surface area contributed by atoms with E-state index in [1.807, 2.05) is 30.3 Å². The topological polar surface area (TPSA) is 61.4 Å². The molecule has 138 valence electrons. The first-order valence-electron chi connectivity index (χ1n) is 8.99. The maximum Gasteiger partial charge on any atom is 0.247 e. The molecule has 1 aromatic rings. The average molecular weight is 366 g/mol. The van der Waals surface area contributed by atoms with Crippen molar-refractivity contribution in [1.82, 2.24) is 15.5 Å². The Bertz CT molecular complexity index is 575. The second-order valence-corrected chi connectivity index (χ2v) is 6.96. The molecule has 2 saturated heterocycles. The summed E-state index contributed by atoms with van der Waals surface area (Å²) in [6.45, 7) is 5.39. The van der Waals surface area contributed by atoms with Gasteiger partial charge in [-0.2, -0.15) is 0 Å². The number of carbonyl (C=O) groups excluding carboxylic acids is 2. The molecule has 25 heavy (non-hydrogen) atoms. The summed E-state index contributed by atoms with van der Waals surface area (Å²) >= 11 is 0. The molecule has 2 aliphatic heterocycles. The lowest BCUT2D eigenvalue weighted by molar-refractivity contribution is -0.144. The van der Waals surface area contributed by atoms with Crippen LogP contribution in [0.1, 0.15) is 37.8 Å². The molecule has 0 aromatic heterocycles. The summed E-state index contributed by atoms with van der Waals surface area (Å²) in [5, 5.41) is 6.26. The monoisotopic (exact) mass is 365 g/mol. The second kappa shape index (κ2) is 9.20. The molecule has 1 aromatic carbocycles. The van der Waals surface area contributed by atoms with Gasteiger partial charge in [-0.25, -0.2) is 0 Å². The van der Waals surface area contributed by atoms with Gasteiger partial charge in [0.1, 0.15) is 6.04 Å². The van der Waals surface area contributed by atoms with Crippen LogP contribution in [0, 0.1) is 11.8 Å². The van der Waals surface area contributed by atoms with Crippen molar-refractivity contribution >= 4 is 24.2 Å². The van der Waals surface area contributed by atoms with Gasteiger partial charge >= 0.3 is 0 Å². The van der Waals surface area contributed by atoms with Crippen molar-refractivity contribution in [2.45, 2.75) is 32.2 Å². The summed E-state index contributed by atoms with van der Waals surface area (Å²) in [5.41, 5.74) is 0.887. The van der Waals surface area contributed by atoms with E-state index in [-0.39, 0.29) is 24.2 Å². The summed E-state index contributed by atoms with van der Waals surface area (Å²) in [6.07, 6.45) is 2.80. The van der Waals surface area contributed by atoms with Crippen molar-refractivity contribution in [3.05, 3.63) is 35.9 Å². The zero-order valence-corrected chi connectivity index (χ0v) is 15.6. The molecule has 0 saturated carbocycles. The van der Waals surface area contributed by atoms with Gasteiger partial charge in [0.2, 0.25) is 11.8 Å². The van der Waals surface area contributed by atoms with Crippen molar-refractivity contribution in [3.63, 3.8) is 0 Å². The SMILES string of the molecule is CC(CC(=O)N1CCNC(=O)C1c1ccccc1)C1CCNCC1.Cl. The third-order valence-electron chi connectivity index (χ3n) is 5.33.